The Morgan fingerprint density at radius 1 is 1.50 bits per heavy atom. The van der Waals surface area contributed by atoms with Gasteiger partial charge >= 0.3 is 0 Å². The quantitative estimate of drug-likeness (QED) is 0.700. The van der Waals surface area contributed by atoms with Gasteiger partial charge in [0, 0.05) is 19.0 Å². The van der Waals surface area contributed by atoms with Gasteiger partial charge in [-0.25, -0.2) is 12.7 Å². The highest BCUT2D eigenvalue weighted by atomic mass is 32.2. The maximum atomic E-state index is 11.5. The molecule has 1 heterocycles. The molecule has 5 heteroatoms. The molecule has 4 nitrogen and oxygen atoms in total. The molecule has 0 unspecified atom stereocenters. The number of carbonyl (C=O) groups excluding carboxylic acids is 1. The summed E-state index contributed by atoms with van der Waals surface area (Å²) < 4.78 is 24.5. The van der Waals surface area contributed by atoms with Gasteiger partial charge in [-0.2, -0.15) is 0 Å². The summed E-state index contributed by atoms with van der Waals surface area (Å²) in [5, 5.41) is 0. The first kappa shape index (κ1) is 11.7. The van der Waals surface area contributed by atoms with Gasteiger partial charge in [0.25, 0.3) is 0 Å². The van der Waals surface area contributed by atoms with Crippen LogP contribution in [0.4, 0.5) is 0 Å². The average molecular weight is 219 g/mol. The van der Waals surface area contributed by atoms with Crippen LogP contribution in [0.25, 0.3) is 0 Å². The second-order valence-corrected chi connectivity index (χ2v) is 5.97. The zero-order valence-corrected chi connectivity index (χ0v) is 9.51. The van der Waals surface area contributed by atoms with Crippen LogP contribution in [0.2, 0.25) is 0 Å². The van der Waals surface area contributed by atoms with Crippen molar-refractivity contribution in [1.82, 2.24) is 4.31 Å². The molecule has 0 saturated carbocycles. The molecular formula is C9H17NO3S. The van der Waals surface area contributed by atoms with Gasteiger partial charge in [0.1, 0.15) is 5.78 Å². The van der Waals surface area contributed by atoms with Gasteiger partial charge in [0.2, 0.25) is 10.0 Å². The summed E-state index contributed by atoms with van der Waals surface area (Å²) in [6.07, 6.45) is 1.62. The summed E-state index contributed by atoms with van der Waals surface area (Å²) in [7, 11) is -3.11. The third-order valence-electron chi connectivity index (χ3n) is 2.72. The molecule has 0 bridgehead atoms. The van der Waals surface area contributed by atoms with Crippen LogP contribution in [0.5, 0.6) is 0 Å². The van der Waals surface area contributed by atoms with E-state index >= 15 is 0 Å². The van der Waals surface area contributed by atoms with Gasteiger partial charge in [-0.3, -0.25) is 4.79 Å². The Morgan fingerprint density at radius 3 is 2.64 bits per heavy atom. The van der Waals surface area contributed by atoms with Gasteiger partial charge in [0.05, 0.1) is 5.75 Å². The van der Waals surface area contributed by atoms with E-state index in [0.29, 0.717) is 13.1 Å². The molecule has 0 amide bonds. The molecule has 0 N–H and O–H groups in total. The largest absolute Gasteiger partial charge is 0.300 e. The molecule has 1 aliphatic heterocycles. The highest BCUT2D eigenvalue weighted by molar-refractivity contribution is 7.89. The van der Waals surface area contributed by atoms with E-state index in [0.717, 1.165) is 12.8 Å². The number of Topliss-reactive ketones (excluding diaryl/α,β-unsaturated/α-hetero) is 1. The van der Waals surface area contributed by atoms with Crippen molar-refractivity contribution in [3.63, 3.8) is 0 Å². The molecule has 1 saturated heterocycles. The molecule has 0 radical (unpaired) electrons. The fraction of sp³-hybridized carbons (Fsp3) is 0.889. The standard InChI is InChI=1S/C9H17NO3S/c1-3-14(12,13)10-6-4-5-9(7-10)8(2)11/h9H,3-7H2,1-2H3/t9-/m0/s1. The van der Waals surface area contributed by atoms with E-state index in [-0.39, 0.29) is 17.5 Å². The molecule has 0 aromatic carbocycles. The molecule has 0 aromatic heterocycles. The summed E-state index contributed by atoms with van der Waals surface area (Å²) in [6.45, 7) is 4.12. The van der Waals surface area contributed by atoms with E-state index in [9.17, 15) is 13.2 Å². The molecular weight excluding hydrogens is 202 g/mol. The van der Waals surface area contributed by atoms with E-state index < -0.39 is 10.0 Å². The van der Waals surface area contributed by atoms with Gasteiger partial charge < -0.3 is 0 Å². The van der Waals surface area contributed by atoms with E-state index in [1.165, 1.54) is 11.2 Å². The van der Waals surface area contributed by atoms with Crippen molar-refractivity contribution in [2.24, 2.45) is 5.92 Å². The number of hydrogen-bond acceptors (Lipinski definition) is 3. The van der Waals surface area contributed by atoms with E-state index in [2.05, 4.69) is 0 Å². The lowest BCUT2D eigenvalue weighted by molar-refractivity contribution is -0.121. The SMILES string of the molecule is CCS(=O)(=O)N1CCC[C@H](C(C)=O)C1. The molecule has 82 valence electrons. The first-order valence-corrected chi connectivity index (χ1v) is 6.56. The summed E-state index contributed by atoms with van der Waals surface area (Å²) in [5.74, 6) is 0.128. The van der Waals surface area contributed by atoms with Crippen LogP contribution in [0.1, 0.15) is 26.7 Å². The van der Waals surface area contributed by atoms with Gasteiger partial charge in [0.15, 0.2) is 0 Å². The molecule has 1 atom stereocenters. The molecule has 0 aliphatic carbocycles. The second-order valence-electron chi connectivity index (χ2n) is 3.71. The van der Waals surface area contributed by atoms with E-state index in [1.807, 2.05) is 0 Å². The molecule has 0 aromatic rings. The molecule has 14 heavy (non-hydrogen) atoms. The van der Waals surface area contributed by atoms with Crippen LogP contribution in [-0.2, 0) is 14.8 Å². The highest BCUT2D eigenvalue weighted by Gasteiger charge is 2.29. The molecule has 1 aliphatic rings. The summed E-state index contributed by atoms with van der Waals surface area (Å²) in [5.41, 5.74) is 0. The van der Waals surface area contributed by atoms with E-state index in [1.54, 1.807) is 6.92 Å². The predicted octanol–water partition coefficient (Wildman–Crippen LogP) is 0.637. The minimum absolute atomic E-state index is 0.0925. The van der Waals surface area contributed by atoms with Crippen LogP contribution < -0.4 is 0 Å². The Balaban J connectivity index is 2.70. The van der Waals surface area contributed by atoms with Crippen molar-refractivity contribution in [2.45, 2.75) is 26.7 Å². The number of piperidine rings is 1. The van der Waals surface area contributed by atoms with Crippen LogP contribution >= 0.6 is 0 Å². The average Bonchev–Trinajstić information content (AvgIpc) is 2.18. The minimum Gasteiger partial charge on any atom is -0.300 e. The smallest absolute Gasteiger partial charge is 0.213 e. The summed E-state index contributed by atoms with van der Waals surface area (Å²) in [4.78, 5) is 11.1. The first-order valence-electron chi connectivity index (χ1n) is 4.95. The number of sulfonamides is 1. The number of nitrogens with zero attached hydrogens (tertiary/aromatic N) is 1. The zero-order chi connectivity index (χ0) is 10.8. The van der Waals surface area contributed by atoms with Gasteiger partial charge in [-0.05, 0) is 26.7 Å². The fourth-order valence-electron chi connectivity index (χ4n) is 1.71. The van der Waals surface area contributed by atoms with Crippen LogP contribution in [0.3, 0.4) is 0 Å². The number of rotatable bonds is 3. The highest BCUT2D eigenvalue weighted by Crippen LogP contribution is 2.19. The van der Waals surface area contributed by atoms with Crippen molar-refractivity contribution >= 4 is 15.8 Å². The minimum atomic E-state index is -3.11. The van der Waals surface area contributed by atoms with E-state index in [4.69, 9.17) is 0 Å². The van der Waals surface area contributed by atoms with Crippen molar-refractivity contribution in [3.05, 3.63) is 0 Å². The second kappa shape index (κ2) is 4.40. The Morgan fingerprint density at radius 2 is 2.14 bits per heavy atom. The molecule has 1 fully saturated rings. The monoisotopic (exact) mass is 219 g/mol. The Labute approximate surface area is 85.3 Å². The predicted molar refractivity (Wildman–Crippen MR) is 54.4 cm³/mol. The Hall–Kier alpha value is -0.420. The topological polar surface area (TPSA) is 54.5 Å². The van der Waals surface area contributed by atoms with Crippen LogP contribution in [0.15, 0.2) is 0 Å². The maximum Gasteiger partial charge on any atom is 0.213 e. The summed E-state index contributed by atoms with van der Waals surface area (Å²) in [6, 6.07) is 0. The van der Waals surface area contributed by atoms with Crippen molar-refractivity contribution in [3.8, 4) is 0 Å². The number of carbonyl (C=O) groups is 1. The van der Waals surface area contributed by atoms with Crippen molar-refractivity contribution < 1.29 is 13.2 Å². The first-order chi connectivity index (χ1) is 6.47. The fourth-order valence-corrected chi connectivity index (χ4v) is 2.89. The third-order valence-corrected chi connectivity index (χ3v) is 4.57. The van der Waals surface area contributed by atoms with Gasteiger partial charge in [-0.15, -0.1) is 0 Å². The normalized spacial score (nSPS) is 24.9. The van der Waals surface area contributed by atoms with Crippen molar-refractivity contribution in [2.75, 3.05) is 18.8 Å². The Bertz CT molecular complexity index is 310. The summed E-state index contributed by atoms with van der Waals surface area (Å²) >= 11 is 0. The maximum absolute atomic E-state index is 11.5. The van der Waals surface area contributed by atoms with Crippen LogP contribution in [0, 0.1) is 5.92 Å². The van der Waals surface area contributed by atoms with Gasteiger partial charge in [-0.1, -0.05) is 0 Å². The lowest BCUT2D eigenvalue weighted by atomic mass is 9.96. The lowest BCUT2D eigenvalue weighted by Crippen LogP contribution is -2.42. The Kier molecular flexibility index (Phi) is 3.66. The zero-order valence-electron chi connectivity index (χ0n) is 8.69. The molecule has 0 spiro atoms. The lowest BCUT2D eigenvalue weighted by Gasteiger charge is -2.30. The molecule has 1 rings (SSSR count). The number of hydrogen-bond donors (Lipinski definition) is 0. The van der Waals surface area contributed by atoms with Crippen molar-refractivity contribution in [1.29, 1.82) is 0 Å². The van der Waals surface area contributed by atoms with Crippen LogP contribution in [-0.4, -0.2) is 37.3 Å². The third kappa shape index (κ3) is 2.54. The number of ketones is 1.